The first kappa shape index (κ1) is 18.2. The van der Waals surface area contributed by atoms with Crippen LogP contribution < -0.4 is 15.1 Å². The second-order valence-corrected chi connectivity index (χ2v) is 8.16. The summed E-state index contributed by atoms with van der Waals surface area (Å²) in [5.74, 6) is 0.00563. The van der Waals surface area contributed by atoms with Crippen LogP contribution in [0.2, 0.25) is 5.02 Å². The van der Waals surface area contributed by atoms with Crippen molar-refractivity contribution in [2.24, 2.45) is 0 Å². The highest BCUT2D eigenvalue weighted by Gasteiger charge is 2.34. The highest BCUT2D eigenvalue weighted by atomic mass is 35.5. The van der Waals surface area contributed by atoms with Crippen molar-refractivity contribution in [2.75, 3.05) is 28.2 Å². The topological polar surface area (TPSA) is 78.4 Å². The molecule has 1 atom stereocenters. The first-order valence-electron chi connectivity index (χ1n) is 9.00. The molecule has 2 saturated heterocycles. The number of carbonyl (C=O) groups excluding carboxylic acids is 2. The summed E-state index contributed by atoms with van der Waals surface area (Å²) < 4.78 is 0. The van der Waals surface area contributed by atoms with Crippen LogP contribution in [0.4, 0.5) is 16.0 Å². The molecule has 2 aliphatic rings. The monoisotopic (exact) mass is 405 g/mol. The van der Waals surface area contributed by atoms with Crippen molar-refractivity contribution in [1.29, 1.82) is 0 Å². The van der Waals surface area contributed by atoms with Gasteiger partial charge in [0.1, 0.15) is 6.04 Å². The molecule has 3 heterocycles. The van der Waals surface area contributed by atoms with Gasteiger partial charge in [0, 0.05) is 30.2 Å². The molecule has 2 aliphatic heterocycles. The number of nitrogens with one attached hydrogen (secondary N) is 1. The van der Waals surface area contributed by atoms with Crippen LogP contribution in [0.25, 0.3) is 0 Å². The molecule has 9 heteroatoms. The maximum absolute atomic E-state index is 12.8. The third kappa shape index (κ3) is 3.64. The molecule has 1 aromatic carbocycles. The third-order valence-corrected chi connectivity index (χ3v) is 6.34. The van der Waals surface area contributed by atoms with E-state index in [9.17, 15) is 9.59 Å². The summed E-state index contributed by atoms with van der Waals surface area (Å²) >= 11 is 7.52. The maximum Gasteiger partial charge on any atom is 0.247 e. The van der Waals surface area contributed by atoms with E-state index >= 15 is 0 Å². The predicted molar refractivity (Wildman–Crippen MR) is 107 cm³/mol. The van der Waals surface area contributed by atoms with Gasteiger partial charge in [-0.3, -0.25) is 14.5 Å². The SMILES string of the molecule is Cc1ccc(NC(=O)[C@H]2CCCN2c2nnc(N3CCCC3=O)s2)cc1Cl. The van der Waals surface area contributed by atoms with Gasteiger partial charge in [0.2, 0.25) is 22.1 Å². The fourth-order valence-corrected chi connectivity index (χ4v) is 4.59. The maximum atomic E-state index is 12.8. The Morgan fingerprint density at radius 3 is 2.81 bits per heavy atom. The fourth-order valence-electron chi connectivity index (χ4n) is 3.45. The van der Waals surface area contributed by atoms with E-state index < -0.39 is 0 Å². The lowest BCUT2D eigenvalue weighted by atomic mass is 10.2. The molecule has 0 aliphatic carbocycles. The van der Waals surface area contributed by atoms with Crippen LogP contribution in [0, 0.1) is 6.92 Å². The zero-order chi connectivity index (χ0) is 19.0. The molecule has 4 rings (SSSR count). The number of aromatic nitrogens is 2. The van der Waals surface area contributed by atoms with Crippen molar-refractivity contribution in [2.45, 2.75) is 38.6 Å². The van der Waals surface area contributed by atoms with E-state index in [1.807, 2.05) is 24.0 Å². The Morgan fingerprint density at radius 2 is 2.07 bits per heavy atom. The smallest absolute Gasteiger partial charge is 0.247 e. The number of benzene rings is 1. The van der Waals surface area contributed by atoms with E-state index in [1.54, 1.807) is 11.0 Å². The lowest BCUT2D eigenvalue weighted by Gasteiger charge is -2.22. The van der Waals surface area contributed by atoms with E-state index in [1.165, 1.54) is 11.3 Å². The van der Waals surface area contributed by atoms with Crippen LogP contribution in [-0.4, -0.2) is 41.1 Å². The molecular weight excluding hydrogens is 386 g/mol. The van der Waals surface area contributed by atoms with Crippen LogP contribution in [-0.2, 0) is 9.59 Å². The second kappa shape index (κ2) is 7.44. The molecular formula is C18H20ClN5O2S. The van der Waals surface area contributed by atoms with E-state index in [2.05, 4.69) is 15.5 Å². The molecule has 2 aromatic rings. The Balaban J connectivity index is 1.48. The first-order valence-corrected chi connectivity index (χ1v) is 10.2. The van der Waals surface area contributed by atoms with Crippen LogP contribution in [0.5, 0.6) is 0 Å². The lowest BCUT2D eigenvalue weighted by molar-refractivity contribution is -0.117. The van der Waals surface area contributed by atoms with Gasteiger partial charge < -0.3 is 10.2 Å². The molecule has 27 heavy (non-hydrogen) atoms. The van der Waals surface area contributed by atoms with Gasteiger partial charge >= 0.3 is 0 Å². The highest BCUT2D eigenvalue weighted by molar-refractivity contribution is 7.19. The summed E-state index contributed by atoms with van der Waals surface area (Å²) in [4.78, 5) is 28.4. The average Bonchev–Trinajstić information content (AvgIpc) is 3.37. The van der Waals surface area contributed by atoms with Gasteiger partial charge in [0.05, 0.1) is 0 Å². The Bertz CT molecular complexity index is 886. The number of hydrogen-bond donors (Lipinski definition) is 1. The Labute approximate surface area is 166 Å². The number of carbonyl (C=O) groups is 2. The zero-order valence-corrected chi connectivity index (χ0v) is 16.5. The number of nitrogens with zero attached hydrogens (tertiary/aromatic N) is 4. The molecule has 2 amide bonds. The molecule has 0 unspecified atom stereocenters. The number of halogens is 1. The van der Waals surface area contributed by atoms with Crippen molar-refractivity contribution >= 4 is 50.7 Å². The number of rotatable bonds is 4. The number of anilines is 3. The Morgan fingerprint density at radius 1 is 1.26 bits per heavy atom. The molecule has 2 fully saturated rings. The molecule has 0 spiro atoms. The number of amides is 2. The van der Waals surface area contributed by atoms with Gasteiger partial charge in [0.15, 0.2) is 0 Å². The van der Waals surface area contributed by atoms with Crippen molar-refractivity contribution in [3.63, 3.8) is 0 Å². The van der Waals surface area contributed by atoms with Crippen molar-refractivity contribution < 1.29 is 9.59 Å². The van der Waals surface area contributed by atoms with Gasteiger partial charge in [-0.05, 0) is 43.9 Å². The van der Waals surface area contributed by atoms with Gasteiger partial charge in [-0.25, -0.2) is 0 Å². The van der Waals surface area contributed by atoms with Crippen molar-refractivity contribution in [1.82, 2.24) is 10.2 Å². The zero-order valence-electron chi connectivity index (χ0n) is 14.9. The lowest BCUT2D eigenvalue weighted by Crippen LogP contribution is -2.39. The summed E-state index contributed by atoms with van der Waals surface area (Å²) in [7, 11) is 0. The van der Waals surface area contributed by atoms with E-state index in [0.717, 1.165) is 31.4 Å². The first-order chi connectivity index (χ1) is 13.0. The molecule has 0 radical (unpaired) electrons. The summed E-state index contributed by atoms with van der Waals surface area (Å²) in [5.41, 5.74) is 1.65. The van der Waals surface area contributed by atoms with Gasteiger partial charge in [-0.15, -0.1) is 10.2 Å². The molecule has 1 aromatic heterocycles. The molecule has 1 N–H and O–H groups in total. The Kier molecular flexibility index (Phi) is 5.01. The molecule has 0 saturated carbocycles. The largest absolute Gasteiger partial charge is 0.335 e. The minimum atomic E-state index is -0.305. The Hall–Kier alpha value is -2.19. The summed E-state index contributed by atoms with van der Waals surface area (Å²) in [6, 6.07) is 5.19. The second-order valence-electron chi connectivity index (χ2n) is 6.82. The summed E-state index contributed by atoms with van der Waals surface area (Å²) in [5, 5.41) is 13.3. The number of hydrogen-bond acceptors (Lipinski definition) is 6. The summed E-state index contributed by atoms with van der Waals surface area (Å²) in [6.45, 7) is 3.35. The van der Waals surface area contributed by atoms with Crippen molar-refractivity contribution in [3.05, 3.63) is 28.8 Å². The van der Waals surface area contributed by atoms with E-state index in [-0.39, 0.29) is 17.9 Å². The normalized spacial score (nSPS) is 19.8. The number of aryl methyl sites for hydroxylation is 1. The van der Waals surface area contributed by atoms with Crippen molar-refractivity contribution in [3.8, 4) is 0 Å². The molecule has 0 bridgehead atoms. The van der Waals surface area contributed by atoms with Crippen LogP contribution in [0.15, 0.2) is 18.2 Å². The predicted octanol–water partition coefficient (Wildman–Crippen LogP) is 3.23. The minimum absolute atomic E-state index is 0.0820. The third-order valence-electron chi connectivity index (χ3n) is 4.95. The molecule has 142 valence electrons. The van der Waals surface area contributed by atoms with Crippen LogP contribution in [0.1, 0.15) is 31.2 Å². The van der Waals surface area contributed by atoms with Crippen LogP contribution >= 0.6 is 22.9 Å². The average molecular weight is 406 g/mol. The summed E-state index contributed by atoms with van der Waals surface area (Å²) in [6.07, 6.45) is 3.07. The van der Waals surface area contributed by atoms with Gasteiger partial charge in [-0.1, -0.05) is 29.0 Å². The van der Waals surface area contributed by atoms with E-state index in [4.69, 9.17) is 11.6 Å². The van der Waals surface area contributed by atoms with E-state index in [0.29, 0.717) is 33.9 Å². The fraction of sp³-hybridized carbons (Fsp3) is 0.444. The molecule has 7 nitrogen and oxygen atoms in total. The van der Waals surface area contributed by atoms with Gasteiger partial charge in [-0.2, -0.15) is 0 Å². The van der Waals surface area contributed by atoms with Gasteiger partial charge in [0.25, 0.3) is 0 Å². The quantitative estimate of drug-likeness (QED) is 0.844. The minimum Gasteiger partial charge on any atom is -0.335 e. The highest BCUT2D eigenvalue weighted by Crippen LogP contribution is 2.34. The standard InChI is InChI=1S/C18H20ClN5O2S/c1-11-6-7-12(10-13(11)19)20-16(26)14-4-2-8-23(14)17-21-22-18(27-17)24-9-3-5-15(24)25/h6-7,10,14H,2-5,8-9H2,1H3,(H,20,26)/t14-/m1/s1. The van der Waals surface area contributed by atoms with Crippen LogP contribution in [0.3, 0.4) is 0 Å².